The minimum atomic E-state index is -0.821. The number of nitrogens with zero attached hydrogens (tertiary/aromatic N) is 2. The second-order valence-electron chi connectivity index (χ2n) is 11.6. The number of aromatic amines is 1. The van der Waals surface area contributed by atoms with E-state index in [1.54, 1.807) is 6.07 Å². The van der Waals surface area contributed by atoms with Gasteiger partial charge in [-0.25, -0.2) is 0 Å². The van der Waals surface area contributed by atoms with E-state index in [4.69, 9.17) is 9.47 Å². The Kier molecular flexibility index (Phi) is 9.36. The number of aliphatic hydroxyl groups excluding tert-OH is 1. The van der Waals surface area contributed by atoms with Gasteiger partial charge in [0.05, 0.1) is 34.4 Å². The third-order valence-electron chi connectivity index (χ3n) is 8.57. The highest BCUT2D eigenvalue weighted by Crippen LogP contribution is 2.32. The van der Waals surface area contributed by atoms with Crippen molar-refractivity contribution in [2.24, 2.45) is 0 Å². The number of hydrogen-bond donors (Lipinski definition) is 4. The van der Waals surface area contributed by atoms with Gasteiger partial charge < -0.3 is 34.9 Å². The third-order valence-corrected chi connectivity index (χ3v) is 10.5. The van der Waals surface area contributed by atoms with E-state index in [9.17, 15) is 19.8 Å². The average molecular weight is 639 g/mol. The smallest absolute Gasteiger partial charge is 0.305 e. The van der Waals surface area contributed by atoms with Crippen LogP contribution in [0.2, 0.25) is 0 Å². The molecule has 2 saturated heterocycles. The van der Waals surface area contributed by atoms with Crippen molar-refractivity contribution in [1.82, 2.24) is 20.1 Å². The highest BCUT2D eigenvalue weighted by molar-refractivity contribution is 7.16. The first-order valence-electron chi connectivity index (χ1n) is 15.0. The number of likely N-dealkylation sites (tertiary alicyclic amines) is 1. The van der Waals surface area contributed by atoms with E-state index in [2.05, 4.69) is 15.2 Å². The fraction of sp³-hybridized carbons (Fsp3) is 0.438. The van der Waals surface area contributed by atoms with Crippen LogP contribution in [0.15, 0.2) is 52.6 Å². The Hall–Kier alpha value is -3.26. The molecule has 12 heteroatoms. The van der Waals surface area contributed by atoms with Gasteiger partial charge in [-0.05, 0) is 60.5 Å². The van der Waals surface area contributed by atoms with Gasteiger partial charge in [-0.15, -0.1) is 11.3 Å². The molecule has 2 aliphatic rings. The summed E-state index contributed by atoms with van der Waals surface area (Å²) in [6, 6.07) is 13.0. The monoisotopic (exact) mass is 638 g/mol. The first-order chi connectivity index (χ1) is 21.3. The number of ether oxygens (including phenoxy) is 2. The van der Waals surface area contributed by atoms with Gasteiger partial charge in [0.2, 0.25) is 0 Å². The number of phenolic OH excluding ortho intramolecular Hbond substituents is 1. The summed E-state index contributed by atoms with van der Waals surface area (Å²) in [7, 11) is 0. The molecule has 1 atom stereocenters. The van der Waals surface area contributed by atoms with E-state index in [1.807, 2.05) is 47.5 Å². The van der Waals surface area contributed by atoms with Gasteiger partial charge in [-0.1, -0.05) is 29.5 Å². The number of thiophene rings is 1. The first kappa shape index (κ1) is 30.8. The number of H-pyrrole nitrogens is 1. The van der Waals surface area contributed by atoms with Crippen molar-refractivity contribution in [3.05, 3.63) is 79.1 Å². The summed E-state index contributed by atoms with van der Waals surface area (Å²) in [5.74, 6) is 0.932. The molecular weight excluding hydrogens is 601 g/mol. The number of morpholine rings is 1. The summed E-state index contributed by atoms with van der Waals surface area (Å²) in [6.45, 7) is 8.00. The maximum atomic E-state index is 13.1. The molecule has 2 fully saturated rings. The number of aliphatic hydroxyl groups is 1. The van der Waals surface area contributed by atoms with E-state index in [-0.39, 0.29) is 22.1 Å². The molecular formula is C32H38N4O6S2. The van der Waals surface area contributed by atoms with Gasteiger partial charge in [-0.3, -0.25) is 14.5 Å². The van der Waals surface area contributed by atoms with E-state index < -0.39 is 6.10 Å². The number of carbonyl (C=O) groups excluding carboxylic acids is 1. The van der Waals surface area contributed by atoms with Crippen molar-refractivity contribution in [1.29, 1.82) is 0 Å². The summed E-state index contributed by atoms with van der Waals surface area (Å²) < 4.78 is 12.9. The van der Waals surface area contributed by atoms with Crippen molar-refractivity contribution in [3.8, 4) is 11.5 Å². The number of aryl methyl sites for hydroxylation is 1. The van der Waals surface area contributed by atoms with Gasteiger partial charge >= 0.3 is 4.87 Å². The molecule has 0 aliphatic carbocycles. The number of rotatable bonds is 10. The van der Waals surface area contributed by atoms with Gasteiger partial charge in [0, 0.05) is 44.8 Å². The molecule has 234 valence electrons. The molecule has 0 radical (unpaired) electrons. The molecule has 2 aliphatic heterocycles. The minimum Gasteiger partial charge on any atom is -0.506 e. The molecule has 4 N–H and O–H groups in total. The van der Waals surface area contributed by atoms with Crippen molar-refractivity contribution < 1.29 is 24.5 Å². The molecule has 2 aromatic carbocycles. The Bertz CT molecular complexity index is 1640. The highest BCUT2D eigenvalue weighted by Gasteiger charge is 2.41. The van der Waals surface area contributed by atoms with Crippen LogP contribution < -0.4 is 14.9 Å². The van der Waals surface area contributed by atoms with Crippen molar-refractivity contribution >= 4 is 38.8 Å². The number of nitrogens with one attached hydrogen (secondary N) is 2. The van der Waals surface area contributed by atoms with Crippen LogP contribution in [-0.4, -0.2) is 89.0 Å². The summed E-state index contributed by atoms with van der Waals surface area (Å²) in [5, 5.41) is 25.9. The zero-order chi connectivity index (χ0) is 30.7. The molecule has 0 bridgehead atoms. The molecule has 4 aromatic rings. The van der Waals surface area contributed by atoms with Crippen LogP contribution in [0.1, 0.15) is 45.3 Å². The predicted octanol–water partition coefficient (Wildman–Crippen LogP) is 3.87. The SMILES string of the molecule is Cc1ccsc1C(=O)N1CCOC2(CCN(CCOc3ccc(CNC[C@H](O)c4ccc(O)c5[nH]c(=O)sc45)cc3)CC2)C1. The fourth-order valence-electron chi connectivity index (χ4n) is 6.00. The number of aromatic hydroxyl groups is 1. The van der Waals surface area contributed by atoms with Crippen LogP contribution in [0.5, 0.6) is 11.5 Å². The van der Waals surface area contributed by atoms with Crippen LogP contribution in [0.4, 0.5) is 0 Å². The summed E-state index contributed by atoms with van der Waals surface area (Å²) in [5.41, 5.74) is 2.81. The topological polar surface area (TPSA) is 127 Å². The van der Waals surface area contributed by atoms with E-state index in [0.29, 0.717) is 55.2 Å². The summed E-state index contributed by atoms with van der Waals surface area (Å²) in [6.07, 6.45) is 0.984. The third kappa shape index (κ3) is 6.85. The molecule has 2 aromatic heterocycles. The standard InChI is InChI=1S/C32H38N4O6S2/c1-21-8-17-43-28(21)30(39)36-14-16-42-32(20-36)9-11-35(12-10-32)13-15-41-23-4-2-22(3-5-23)18-33-19-26(38)24-6-7-25(37)27-29(24)44-31(40)34-27/h2-8,17,26,33,37-38H,9-16,18-20H2,1H3,(H,34,40)/t26-/m0/s1. The van der Waals surface area contributed by atoms with Gasteiger partial charge in [-0.2, -0.15) is 0 Å². The number of phenols is 1. The lowest BCUT2D eigenvalue weighted by atomic mass is 9.89. The van der Waals surface area contributed by atoms with Crippen molar-refractivity contribution in [2.75, 3.05) is 52.5 Å². The number of fused-ring (bicyclic) bond motifs is 1. The molecule has 6 rings (SSSR count). The Balaban J connectivity index is 0.912. The Morgan fingerprint density at radius 2 is 1.95 bits per heavy atom. The quantitative estimate of drug-likeness (QED) is 0.206. The molecule has 44 heavy (non-hydrogen) atoms. The fourth-order valence-corrected chi connectivity index (χ4v) is 7.81. The molecule has 4 heterocycles. The lowest BCUT2D eigenvalue weighted by molar-refractivity contribution is -0.127. The molecule has 0 saturated carbocycles. The zero-order valence-electron chi connectivity index (χ0n) is 24.7. The highest BCUT2D eigenvalue weighted by atomic mass is 32.1. The second kappa shape index (κ2) is 13.4. The van der Waals surface area contributed by atoms with Crippen LogP contribution in [0.3, 0.4) is 0 Å². The van der Waals surface area contributed by atoms with E-state index in [1.165, 1.54) is 17.4 Å². The predicted molar refractivity (Wildman–Crippen MR) is 172 cm³/mol. The minimum absolute atomic E-state index is 0.00576. The van der Waals surface area contributed by atoms with E-state index >= 15 is 0 Å². The van der Waals surface area contributed by atoms with Gasteiger partial charge in [0.15, 0.2) is 0 Å². The van der Waals surface area contributed by atoms with Crippen LogP contribution in [0.25, 0.3) is 10.2 Å². The van der Waals surface area contributed by atoms with Gasteiger partial charge in [0.1, 0.15) is 23.6 Å². The lowest BCUT2D eigenvalue weighted by Gasteiger charge is -2.47. The number of aromatic nitrogens is 1. The molecule has 1 amide bonds. The molecule has 0 unspecified atom stereocenters. The average Bonchev–Trinajstić information content (AvgIpc) is 3.64. The first-order valence-corrected chi connectivity index (χ1v) is 16.6. The van der Waals surface area contributed by atoms with Crippen LogP contribution in [-0.2, 0) is 11.3 Å². The number of hydrogen-bond acceptors (Lipinski definition) is 10. The summed E-state index contributed by atoms with van der Waals surface area (Å²) >= 11 is 2.50. The number of benzene rings is 2. The Morgan fingerprint density at radius 3 is 2.70 bits per heavy atom. The molecule has 10 nitrogen and oxygen atoms in total. The second-order valence-corrected chi connectivity index (χ2v) is 13.5. The van der Waals surface area contributed by atoms with Crippen molar-refractivity contribution in [2.45, 2.75) is 38.0 Å². The molecule has 1 spiro atoms. The Labute approximate surface area is 263 Å². The van der Waals surface area contributed by atoms with Gasteiger partial charge in [0.25, 0.3) is 5.91 Å². The van der Waals surface area contributed by atoms with Crippen LogP contribution >= 0.6 is 22.7 Å². The van der Waals surface area contributed by atoms with Crippen LogP contribution in [0, 0.1) is 6.92 Å². The maximum absolute atomic E-state index is 13.1. The number of piperidine rings is 1. The zero-order valence-corrected chi connectivity index (χ0v) is 26.3. The van der Waals surface area contributed by atoms with Crippen molar-refractivity contribution in [3.63, 3.8) is 0 Å². The Morgan fingerprint density at radius 1 is 1.16 bits per heavy atom. The number of carbonyl (C=O) groups is 1. The largest absolute Gasteiger partial charge is 0.506 e. The number of thiazole rings is 1. The van der Waals surface area contributed by atoms with E-state index in [0.717, 1.165) is 65.6 Å². The normalized spacial score (nSPS) is 17.7. The number of amides is 1. The summed E-state index contributed by atoms with van der Waals surface area (Å²) in [4.78, 5) is 32.4. The lowest BCUT2D eigenvalue weighted by Crippen LogP contribution is -2.58. The maximum Gasteiger partial charge on any atom is 0.305 e.